The second-order valence-corrected chi connectivity index (χ2v) is 5.71. The second-order valence-electron chi connectivity index (χ2n) is 5.71. The molecule has 0 spiro atoms. The predicted octanol–water partition coefficient (Wildman–Crippen LogP) is 2.94. The third-order valence-corrected chi connectivity index (χ3v) is 4.24. The Morgan fingerprint density at radius 2 is 2.15 bits per heavy atom. The van der Waals surface area contributed by atoms with Crippen LogP contribution >= 0.6 is 0 Å². The highest BCUT2D eigenvalue weighted by Gasteiger charge is 2.18. The molecule has 0 saturated heterocycles. The first-order valence-electron chi connectivity index (χ1n) is 7.45. The van der Waals surface area contributed by atoms with E-state index < -0.39 is 0 Å². The molecule has 2 N–H and O–H groups in total. The number of nitrogens with two attached hydrogens (primary N) is 1. The fourth-order valence-corrected chi connectivity index (χ4v) is 3.08. The van der Waals surface area contributed by atoms with Crippen molar-refractivity contribution in [2.45, 2.75) is 51.1 Å². The molecule has 0 aliphatic heterocycles. The quantitative estimate of drug-likeness (QED) is 0.929. The minimum atomic E-state index is -0.0318. The number of pyridine rings is 1. The summed E-state index contributed by atoms with van der Waals surface area (Å²) in [7, 11) is 0. The van der Waals surface area contributed by atoms with Crippen molar-refractivity contribution in [3.63, 3.8) is 0 Å². The molecule has 2 aromatic heterocycles. The van der Waals surface area contributed by atoms with Gasteiger partial charge in [-0.15, -0.1) is 0 Å². The Bertz CT molecular complexity index is 569. The van der Waals surface area contributed by atoms with E-state index in [-0.39, 0.29) is 6.04 Å². The van der Waals surface area contributed by atoms with Gasteiger partial charge in [-0.25, -0.2) is 0 Å². The average molecular weight is 270 g/mol. The molecule has 1 aliphatic rings. The van der Waals surface area contributed by atoms with Gasteiger partial charge in [-0.2, -0.15) is 5.10 Å². The van der Waals surface area contributed by atoms with Gasteiger partial charge in [-0.3, -0.25) is 9.67 Å². The molecule has 0 radical (unpaired) electrons. The lowest BCUT2D eigenvalue weighted by atomic mass is 10.0. The zero-order chi connectivity index (χ0) is 13.9. The molecular weight excluding hydrogens is 248 g/mol. The summed E-state index contributed by atoms with van der Waals surface area (Å²) in [5.41, 5.74) is 9.50. The standard InChI is InChI=1S/C16H22N4/c1-12-15(7-4-9-18-12)16(17)11-13-8-10-20(19-13)14-5-2-3-6-14/h4,7-10,14,16H,2-3,5-6,11,17H2,1H3. The van der Waals surface area contributed by atoms with Gasteiger partial charge in [0.25, 0.3) is 0 Å². The zero-order valence-electron chi connectivity index (χ0n) is 12.0. The summed E-state index contributed by atoms with van der Waals surface area (Å²) in [6.07, 6.45) is 9.85. The largest absolute Gasteiger partial charge is 0.324 e. The van der Waals surface area contributed by atoms with E-state index in [0.717, 1.165) is 23.4 Å². The summed E-state index contributed by atoms with van der Waals surface area (Å²) in [5, 5.41) is 4.70. The smallest absolute Gasteiger partial charge is 0.0643 e. The van der Waals surface area contributed by atoms with Crippen LogP contribution in [0.1, 0.15) is 54.7 Å². The maximum absolute atomic E-state index is 6.30. The van der Waals surface area contributed by atoms with Crippen molar-refractivity contribution in [3.05, 3.63) is 47.5 Å². The van der Waals surface area contributed by atoms with Crippen molar-refractivity contribution in [2.24, 2.45) is 5.73 Å². The van der Waals surface area contributed by atoms with Crippen LogP contribution in [0.3, 0.4) is 0 Å². The highest BCUT2D eigenvalue weighted by Crippen LogP contribution is 2.29. The lowest BCUT2D eigenvalue weighted by Crippen LogP contribution is -2.16. The summed E-state index contributed by atoms with van der Waals surface area (Å²) in [4.78, 5) is 4.30. The van der Waals surface area contributed by atoms with E-state index in [0.29, 0.717) is 6.04 Å². The van der Waals surface area contributed by atoms with E-state index in [1.807, 2.05) is 13.0 Å². The first kappa shape index (κ1) is 13.3. The van der Waals surface area contributed by atoms with Gasteiger partial charge < -0.3 is 5.73 Å². The molecule has 0 bridgehead atoms. The molecule has 4 heteroatoms. The first-order valence-corrected chi connectivity index (χ1v) is 7.45. The second kappa shape index (κ2) is 5.75. The number of hydrogen-bond acceptors (Lipinski definition) is 3. The highest BCUT2D eigenvalue weighted by atomic mass is 15.3. The normalized spacial score (nSPS) is 17.5. The minimum Gasteiger partial charge on any atom is -0.324 e. The number of nitrogens with zero attached hydrogens (tertiary/aromatic N) is 3. The molecule has 1 fully saturated rings. The van der Waals surface area contributed by atoms with Gasteiger partial charge in [0, 0.05) is 30.6 Å². The topological polar surface area (TPSA) is 56.7 Å². The summed E-state index contributed by atoms with van der Waals surface area (Å²) in [6, 6.07) is 6.67. The van der Waals surface area contributed by atoms with Crippen molar-refractivity contribution in [1.82, 2.24) is 14.8 Å². The van der Waals surface area contributed by atoms with Crippen LogP contribution in [0.5, 0.6) is 0 Å². The van der Waals surface area contributed by atoms with Gasteiger partial charge in [0.15, 0.2) is 0 Å². The van der Waals surface area contributed by atoms with Gasteiger partial charge in [-0.1, -0.05) is 18.9 Å². The van der Waals surface area contributed by atoms with Crippen LogP contribution in [0.25, 0.3) is 0 Å². The monoisotopic (exact) mass is 270 g/mol. The Morgan fingerprint density at radius 1 is 1.35 bits per heavy atom. The highest BCUT2D eigenvalue weighted by molar-refractivity contribution is 5.23. The van der Waals surface area contributed by atoms with Gasteiger partial charge in [0.2, 0.25) is 0 Å². The average Bonchev–Trinajstić information content (AvgIpc) is 3.09. The Labute approximate surface area is 120 Å². The Morgan fingerprint density at radius 3 is 2.90 bits per heavy atom. The zero-order valence-corrected chi connectivity index (χ0v) is 12.0. The fourth-order valence-electron chi connectivity index (χ4n) is 3.08. The lowest BCUT2D eigenvalue weighted by Gasteiger charge is -2.13. The molecule has 0 amide bonds. The molecule has 106 valence electrons. The number of hydrogen-bond donors (Lipinski definition) is 1. The van der Waals surface area contributed by atoms with Gasteiger partial charge in [-0.05, 0) is 37.5 Å². The molecule has 2 aromatic rings. The third-order valence-electron chi connectivity index (χ3n) is 4.24. The van der Waals surface area contributed by atoms with Crippen LogP contribution in [-0.2, 0) is 6.42 Å². The molecular formula is C16H22N4. The summed E-state index contributed by atoms with van der Waals surface area (Å²) in [5.74, 6) is 0. The SMILES string of the molecule is Cc1ncccc1C(N)Cc1ccn(C2CCCC2)n1. The van der Waals surface area contributed by atoms with Gasteiger partial charge >= 0.3 is 0 Å². The van der Waals surface area contributed by atoms with Crippen molar-refractivity contribution in [1.29, 1.82) is 0 Å². The Kier molecular flexibility index (Phi) is 3.83. The number of rotatable bonds is 4. The Hall–Kier alpha value is -1.68. The van der Waals surface area contributed by atoms with E-state index in [1.54, 1.807) is 6.20 Å². The molecule has 1 unspecified atom stereocenters. The molecule has 20 heavy (non-hydrogen) atoms. The van der Waals surface area contributed by atoms with E-state index >= 15 is 0 Å². The van der Waals surface area contributed by atoms with Crippen LogP contribution in [0.2, 0.25) is 0 Å². The molecule has 0 aromatic carbocycles. The minimum absolute atomic E-state index is 0.0318. The van der Waals surface area contributed by atoms with E-state index in [9.17, 15) is 0 Å². The van der Waals surface area contributed by atoms with E-state index in [2.05, 4.69) is 28.0 Å². The van der Waals surface area contributed by atoms with E-state index in [4.69, 9.17) is 10.8 Å². The van der Waals surface area contributed by atoms with Crippen LogP contribution in [0, 0.1) is 6.92 Å². The molecule has 1 saturated carbocycles. The Balaban J connectivity index is 1.70. The van der Waals surface area contributed by atoms with E-state index in [1.165, 1.54) is 25.7 Å². The molecule has 1 atom stereocenters. The summed E-state index contributed by atoms with van der Waals surface area (Å²) >= 11 is 0. The van der Waals surface area contributed by atoms with Crippen LogP contribution < -0.4 is 5.73 Å². The van der Waals surface area contributed by atoms with Crippen molar-refractivity contribution < 1.29 is 0 Å². The molecule has 3 rings (SSSR count). The van der Waals surface area contributed by atoms with Crippen LogP contribution in [0.15, 0.2) is 30.6 Å². The van der Waals surface area contributed by atoms with Gasteiger partial charge in [0.1, 0.15) is 0 Å². The molecule has 1 aliphatic carbocycles. The third kappa shape index (κ3) is 2.75. The van der Waals surface area contributed by atoms with Crippen molar-refractivity contribution in [3.8, 4) is 0 Å². The van der Waals surface area contributed by atoms with Crippen LogP contribution in [-0.4, -0.2) is 14.8 Å². The number of aromatic nitrogens is 3. The van der Waals surface area contributed by atoms with Crippen LogP contribution in [0.4, 0.5) is 0 Å². The summed E-state index contributed by atoms with van der Waals surface area (Å²) in [6.45, 7) is 2.01. The van der Waals surface area contributed by atoms with Crippen molar-refractivity contribution >= 4 is 0 Å². The summed E-state index contributed by atoms with van der Waals surface area (Å²) < 4.78 is 2.13. The fraction of sp³-hybridized carbons (Fsp3) is 0.500. The maximum Gasteiger partial charge on any atom is 0.0643 e. The molecule has 4 nitrogen and oxygen atoms in total. The van der Waals surface area contributed by atoms with Gasteiger partial charge in [0.05, 0.1) is 11.7 Å². The maximum atomic E-state index is 6.30. The van der Waals surface area contributed by atoms with Crippen molar-refractivity contribution in [2.75, 3.05) is 0 Å². The lowest BCUT2D eigenvalue weighted by molar-refractivity contribution is 0.461. The predicted molar refractivity (Wildman–Crippen MR) is 79.3 cm³/mol. The molecule has 2 heterocycles. The number of aryl methyl sites for hydroxylation is 1. The first-order chi connectivity index (χ1) is 9.74.